The van der Waals surface area contributed by atoms with Crippen LogP contribution in [0.25, 0.3) is 0 Å². The van der Waals surface area contributed by atoms with Gasteiger partial charge in [-0.1, -0.05) is 44.5 Å². The molecule has 76 heavy (non-hydrogen) atoms. The number of halogens is 1. The van der Waals surface area contributed by atoms with Crippen molar-refractivity contribution in [2.45, 2.75) is 141 Å². The van der Waals surface area contributed by atoms with Gasteiger partial charge >= 0.3 is 18.0 Å². The molecule has 2 unspecified atom stereocenters. The van der Waals surface area contributed by atoms with E-state index in [1.165, 1.54) is 54.7 Å². The molecule has 6 rings (SSSR count). The van der Waals surface area contributed by atoms with Gasteiger partial charge in [-0.3, -0.25) is 39.0 Å². The summed E-state index contributed by atoms with van der Waals surface area (Å²) in [4.78, 5) is 110. The van der Waals surface area contributed by atoms with E-state index in [9.17, 15) is 43.5 Å². The van der Waals surface area contributed by atoms with Gasteiger partial charge in [0.2, 0.25) is 29.5 Å². The first kappa shape index (κ1) is 60.3. The highest BCUT2D eigenvalue weighted by Gasteiger charge is 2.62. The lowest BCUT2D eigenvalue weighted by Gasteiger charge is -2.42. The van der Waals surface area contributed by atoms with E-state index in [2.05, 4.69) is 17.6 Å². The maximum Gasteiger partial charge on any atom is 0.409 e. The second-order valence-corrected chi connectivity index (χ2v) is 23.2. The number of carbonyl (C=O) groups is 8. The normalized spacial score (nSPS) is 30.8. The largest absolute Gasteiger partial charge is 0.495 e. The van der Waals surface area contributed by atoms with Gasteiger partial charge in [0.1, 0.15) is 41.7 Å². The van der Waals surface area contributed by atoms with E-state index >= 15 is 0 Å². The molecule has 2 aliphatic carbocycles. The molecule has 0 spiro atoms. The van der Waals surface area contributed by atoms with E-state index in [0.717, 1.165) is 5.56 Å². The smallest absolute Gasteiger partial charge is 0.409 e. The molecule has 20 nitrogen and oxygen atoms in total. The first-order valence-electron chi connectivity index (χ1n) is 26.4. The molecule has 0 aromatic heterocycles. The zero-order valence-electron chi connectivity index (χ0n) is 45.4. The quantitative estimate of drug-likeness (QED) is 0.0561. The van der Waals surface area contributed by atoms with E-state index in [4.69, 9.17) is 40.0 Å². The van der Waals surface area contributed by atoms with Crippen LogP contribution in [-0.2, 0) is 63.7 Å². The number of aliphatic hydroxyl groups is 1. The summed E-state index contributed by atoms with van der Waals surface area (Å²) >= 11 is 8.09. The summed E-state index contributed by atoms with van der Waals surface area (Å²) in [5.74, 6) is -2.57. The number of likely N-dealkylation sites (tertiary alicyclic amines) is 1. The number of amides is 6. The van der Waals surface area contributed by atoms with Crippen LogP contribution >= 0.6 is 23.4 Å². The minimum atomic E-state index is -1.80. The Morgan fingerprint density at radius 2 is 1.74 bits per heavy atom. The number of alkyl carbamates (subject to hydrolysis) is 1. The third-order valence-electron chi connectivity index (χ3n) is 16.1. The van der Waals surface area contributed by atoms with Crippen molar-refractivity contribution < 1.29 is 71.9 Å². The van der Waals surface area contributed by atoms with Crippen LogP contribution in [-0.4, -0.2) is 165 Å². The van der Waals surface area contributed by atoms with Crippen molar-refractivity contribution >= 4 is 76.6 Å². The van der Waals surface area contributed by atoms with Gasteiger partial charge in [0, 0.05) is 77.6 Å². The van der Waals surface area contributed by atoms with Gasteiger partial charge in [-0.15, -0.1) is 11.8 Å². The zero-order valence-corrected chi connectivity index (χ0v) is 47.0. The van der Waals surface area contributed by atoms with Gasteiger partial charge in [0.25, 0.3) is 0 Å². The summed E-state index contributed by atoms with van der Waals surface area (Å²) in [6.07, 6.45) is 4.20. The second-order valence-electron chi connectivity index (χ2n) is 21.5. The molecule has 422 valence electrons. The van der Waals surface area contributed by atoms with Crippen LogP contribution in [0, 0.1) is 35.0 Å². The van der Waals surface area contributed by atoms with Crippen LogP contribution in [0.2, 0.25) is 5.02 Å². The number of methoxy groups -OCH3 is 2. The first-order valence-corrected chi connectivity index (χ1v) is 27.9. The third-order valence-corrected chi connectivity index (χ3v) is 17.7. The highest BCUT2D eigenvalue weighted by Crippen LogP contribution is 2.61. The molecule has 1 aromatic rings. The third kappa shape index (κ3) is 15.0. The zero-order chi connectivity index (χ0) is 55.6. The Balaban J connectivity index is 1.06. The summed E-state index contributed by atoms with van der Waals surface area (Å²) in [6, 6.07) is 2.59. The predicted octanol–water partition coefficient (Wildman–Crippen LogP) is 5.22. The highest BCUT2D eigenvalue weighted by molar-refractivity contribution is 8.00. The number of imide groups is 1. The number of thioether (sulfide) groups is 1. The maximum absolute atomic E-state index is 14.5. The van der Waals surface area contributed by atoms with Crippen LogP contribution in [0.5, 0.6) is 5.75 Å². The summed E-state index contributed by atoms with van der Waals surface area (Å²) in [6.45, 7) is 10.0. The number of hydrogen-bond acceptors (Lipinski definition) is 16. The number of esters is 2. The minimum Gasteiger partial charge on any atom is -0.495 e. The van der Waals surface area contributed by atoms with E-state index in [-0.39, 0.29) is 115 Å². The Morgan fingerprint density at radius 1 is 1.01 bits per heavy atom. The number of fused-ring (bicyclic) bond motifs is 5. The van der Waals surface area contributed by atoms with Crippen LogP contribution in [0.4, 0.5) is 10.5 Å². The Bertz CT molecular complexity index is 2330. The highest BCUT2D eigenvalue weighted by atomic mass is 35.5. The molecule has 10 atom stereocenters. The van der Waals surface area contributed by atoms with Gasteiger partial charge in [-0.2, -0.15) is 0 Å². The molecule has 22 heteroatoms. The standard InChI is InChI=1S/C54H78ClN5O15S/c1-31-11-10-12-43(71-9)54(69)29-41(74-52(68)57-54)32(2)38-28-53(38,5)44(27-46(63)59(7)39-24-36(23-31)25-40(70-8)48(39)55)75-51(67)33(3)58(6)45(62)17-22-76-42-26-47(64)60(50(42)66)30-35-13-15-37(16-14-35)49(65)56-18-19-72-20-21-73-34(4)61/h10,12,24-25,31-33,35,37-38,41-44,69H,11,13-23,26-30H2,1-9H3,(H,56,65)(H,57,68)/b12-10+/t31?,32-,33-,35?,37?,38-,41-,42?,43+,44-,53+,54-/m0/s1. The molecule has 4 fully saturated rings. The molecule has 4 bridgehead atoms. The number of rotatable bonds is 18. The lowest BCUT2D eigenvalue weighted by molar-refractivity contribution is -0.163. The molecule has 0 radical (unpaired) electrons. The number of likely N-dealkylation sites (N-methyl/N-ethyl adjacent to an activating group) is 1. The van der Waals surface area contributed by atoms with Crippen LogP contribution in [0.3, 0.4) is 0 Å². The number of hydrogen-bond donors (Lipinski definition) is 3. The Kier molecular flexibility index (Phi) is 21.1. The number of ether oxygens (including phenoxy) is 6. The summed E-state index contributed by atoms with van der Waals surface area (Å²) in [5.41, 5.74) is -1.33. The SMILES string of the molecule is COc1cc2cc(c1Cl)N(C)C(=O)C[C@H](OC(=O)[C@H](C)N(C)C(=O)CCSC1CC(=O)N(CC3CCC(C(=O)NCCOCCOC(C)=O)CC3)C1=O)[C@]1(C)C[C@H]1[C@H](C)[C@@H]1C[C@@](O)(NC(=O)O1)[C@H](OC)/C=C/CC(C)C2. The molecular formula is C54H78ClN5O15S. The van der Waals surface area contributed by atoms with Crippen molar-refractivity contribution in [1.29, 1.82) is 0 Å². The van der Waals surface area contributed by atoms with E-state index in [1.54, 1.807) is 20.0 Å². The number of nitrogens with zero attached hydrogens (tertiary/aromatic N) is 3. The van der Waals surface area contributed by atoms with Crippen molar-refractivity contribution in [3.05, 3.63) is 34.9 Å². The Hall–Kier alpha value is -4.96. The van der Waals surface area contributed by atoms with E-state index < -0.39 is 58.7 Å². The molecule has 1 aromatic carbocycles. The average Bonchev–Trinajstić information content (AvgIpc) is 4.01. The lowest BCUT2D eigenvalue weighted by atomic mass is 9.81. The fourth-order valence-corrected chi connectivity index (χ4v) is 12.5. The maximum atomic E-state index is 14.5. The van der Waals surface area contributed by atoms with Gasteiger partial charge in [0.15, 0.2) is 5.72 Å². The van der Waals surface area contributed by atoms with Crippen LogP contribution in [0.15, 0.2) is 24.3 Å². The van der Waals surface area contributed by atoms with Crippen molar-refractivity contribution in [1.82, 2.24) is 20.4 Å². The topological polar surface area (TPSA) is 246 Å². The van der Waals surface area contributed by atoms with Crippen LogP contribution in [0.1, 0.15) is 104 Å². The first-order chi connectivity index (χ1) is 36.0. The molecule has 5 aliphatic rings. The predicted molar refractivity (Wildman–Crippen MR) is 282 cm³/mol. The molecule has 3 N–H and O–H groups in total. The fourth-order valence-electron chi connectivity index (χ4n) is 11.1. The number of allylic oxidation sites excluding steroid dienone is 1. The van der Waals surface area contributed by atoms with Crippen molar-refractivity contribution in [3.8, 4) is 5.75 Å². The molecule has 3 aliphatic heterocycles. The molecule has 2 saturated heterocycles. The summed E-state index contributed by atoms with van der Waals surface area (Å²) < 4.78 is 33.7. The number of benzene rings is 1. The van der Waals surface area contributed by atoms with E-state index in [1.807, 2.05) is 32.1 Å². The average molecular weight is 1100 g/mol. The minimum absolute atomic E-state index is 0.00112. The summed E-state index contributed by atoms with van der Waals surface area (Å²) in [7, 11) is 6.05. The second kappa shape index (κ2) is 26.6. The molecule has 2 saturated carbocycles. The monoisotopic (exact) mass is 1100 g/mol. The van der Waals surface area contributed by atoms with Gasteiger partial charge in [0.05, 0.1) is 37.7 Å². The Morgan fingerprint density at radius 3 is 2.42 bits per heavy atom. The van der Waals surface area contributed by atoms with Gasteiger partial charge in [-0.25, -0.2) is 9.59 Å². The molecule has 3 heterocycles. The van der Waals surface area contributed by atoms with Crippen molar-refractivity contribution in [3.63, 3.8) is 0 Å². The number of anilines is 1. The Labute approximate surface area is 455 Å². The van der Waals surface area contributed by atoms with Crippen molar-refractivity contribution in [2.75, 3.05) is 71.9 Å². The van der Waals surface area contributed by atoms with Gasteiger partial charge < -0.3 is 48.6 Å². The van der Waals surface area contributed by atoms with Gasteiger partial charge in [-0.05, 0) is 93.2 Å². The lowest BCUT2D eigenvalue weighted by Crippen LogP contribution is -2.63. The summed E-state index contributed by atoms with van der Waals surface area (Å²) in [5, 5.41) is 17.0. The van der Waals surface area contributed by atoms with Crippen molar-refractivity contribution in [2.24, 2.45) is 35.0 Å². The van der Waals surface area contributed by atoms with E-state index in [0.29, 0.717) is 69.5 Å². The number of nitrogens with one attached hydrogen (secondary N) is 2. The molecular weight excluding hydrogens is 1030 g/mol. The molecule has 6 amide bonds. The van der Waals surface area contributed by atoms with Crippen LogP contribution < -0.4 is 20.3 Å². The fraction of sp³-hybridized carbons (Fsp3) is 0.704. The number of carbonyl (C=O) groups excluding carboxylic acids is 8.